The van der Waals surface area contributed by atoms with Crippen molar-refractivity contribution in [3.63, 3.8) is 0 Å². The maximum absolute atomic E-state index is 12.7. The van der Waals surface area contributed by atoms with Gasteiger partial charge in [-0.15, -0.1) is 0 Å². The third-order valence-corrected chi connectivity index (χ3v) is 6.56. The lowest BCUT2D eigenvalue weighted by Gasteiger charge is -2.37. The van der Waals surface area contributed by atoms with Crippen molar-refractivity contribution in [2.75, 3.05) is 39.3 Å². The zero-order valence-corrected chi connectivity index (χ0v) is 17.4. The predicted octanol–water partition coefficient (Wildman–Crippen LogP) is -0.433. The van der Waals surface area contributed by atoms with Gasteiger partial charge in [-0.25, -0.2) is 14.4 Å². The summed E-state index contributed by atoms with van der Waals surface area (Å²) in [4.78, 5) is 53.2. The first kappa shape index (κ1) is 21.4. The van der Waals surface area contributed by atoms with Crippen LogP contribution in [0.3, 0.4) is 0 Å². The van der Waals surface area contributed by atoms with Gasteiger partial charge in [-0.05, 0) is 12.8 Å². The number of fused-ring (bicyclic) bond motifs is 1. The quantitative estimate of drug-likeness (QED) is 0.339. The first-order valence-corrected chi connectivity index (χ1v) is 10.9. The molecule has 4 rings (SSSR count). The Balaban J connectivity index is 1.24. The number of carbonyl (C=O) groups is 4. The van der Waals surface area contributed by atoms with Crippen LogP contribution in [0.4, 0.5) is 4.79 Å². The fraction of sp³-hybridized carbons (Fsp3) is 0.750. The van der Waals surface area contributed by atoms with Crippen LogP contribution < -0.4 is 5.32 Å². The van der Waals surface area contributed by atoms with Crippen molar-refractivity contribution >= 4 is 23.9 Å². The van der Waals surface area contributed by atoms with Gasteiger partial charge in [-0.1, -0.05) is 19.3 Å². The molecule has 0 aromatic rings. The van der Waals surface area contributed by atoms with Gasteiger partial charge in [-0.2, -0.15) is 5.26 Å². The summed E-state index contributed by atoms with van der Waals surface area (Å²) < 4.78 is 9.97. The fourth-order valence-corrected chi connectivity index (χ4v) is 4.91. The van der Waals surface area contributed by atoms with E-state index in [2.05, 4.69) is 5.32 Å². The standard InChI is InChI=1S/C20H27N5O6/c21-13-20-15(30-17(27)18(28)31-20)6-8-25(20)16(26)12-22-7-9-23-10-11-24(19(23)29)14-4-2-1-3-5-14/h14-15,22H,1-12H2/t15?,20-/m0/s1. The Morgan fingerprint density at radius 3 is 2.61 bits per heavy atom. The molecule has 0 aromatic heterocycles. The number of amides is 3. The van der Waals surface area contributed by atoms with Gasteiger partial charge in [0.2, 0.25) is 5.91 Å². The molecule has 0 aromatic carbocycles. The van der Waals surface area contributed by atoms with Gasteiger partial charge in [0.15, 0.2) is 6.10 Å². The average Bonchev–Trinajstić information content (AvgIpc) is 3.33. The molecular weight excluding hydrogens is 406 g/mol. The van der Waals surface area contributed by atoms with E-state index >= 15 is 0 Å². The van der Waals surface area contributed by atoms with Gasteiger partial charge in [0.05, 0.1) is 6.54 Å². The normalized spacial score (nSPS) is 28.9. The molecule has 1 aliphatic carbocycles. The van der Waals surface area contributed by atoms with Crippen LogP contribution in [0, 0.1) is 11.3 Å². The van der Waals surface area contributed by atoms with E-state index < -0.39 is 29.7 Å². The minimum atomic E-state index is -1.91. The van der Waals surface area contributed by atoms with E-state index in [4.69, 9.17) is 9.47 Å². The highest BCUT2D eigenvalue weighted by Crippen LogP contribution is 2.36. The Bertz CT molecular complexity index is 806. The van der Waals surface area contributed by atoms with E-state index in [1.54, 1.807) is 4.90 Å². The molecule has 0 bridgehead atoms. The van der Waals surface area contributed by atoms with Gasteiger partial charge >= 0.3 is 23.7 Å². The second kappa shape index (κ2) is 8.70. The van der Waals surface area contributed by atoms with Gasteiger partial charge in [0.25, 0.3) is 0 Å². The van der Waals surface area contributed by atoms with Crippen LogP contribution in [0.2, 0.25) is 0 Å². The first-order valence-electron chi connectivity index (χ1n) is 10.9. The fourth-order valence-electron chi connectivity index (χ4n) is 4.91. The monoisotopic (exact) mass is 433 g/mol. The largest absolute Gasteiger partial charge is 0.446 e. The molecule has 11 nitrogen and oxygen atoms in total. The minimum absolute atomic E-state index is 0.0572. The summed E-state index contributed by atoms with van der Waals surface area (Å²) in [6.45, 7) is 2.37. The number of nitrogens with zero attached hydrogens (tertiary/aromatic N) is 4. The van der Waals surface area contributed by atoms with E-state index in [9.17, 15) is 24.4 Å². The van der Waals surface area contributed by atoms with Crippen molar-refractivity contribution < 1.29 is 28.7 Å². The summed E-state index contributed by atoms with van der Waals surface area (Å²) in [5.41, 5.74) is -1.91. The van der Waals surface area contributed by atoms with Crippen molar-refractivity contribution in [2.45, 2.75) is 56.4 Å². The maximum atomic E-state index is 12.7. The summed E-state index contributed by atoms with van der Waals surface area (Å²) in [6, 6.07) is 2.24. The van der Waals surface area contributed by atoms with Gasteiger partial charge < -0.3 is 24.6 Å². The topological polar surface area (TPSA) is 132 Å². The highest BCUT2D eigenvalue weighted by Gasteiger charge is 2.61. The molecule has 3 aliphatic heterocycles. The second-order valence-electron chi connectivity index (χ2n) is 8.36. The van der Waals surface area contributed by atoms with Crippen LogP contribution >= 0.6 is 0 Å². The third-order valence-electron chi connectivity index (χ3n) is 6.56. The third kappa shape index (κ3) is 3.92. The molecule has 31 heavy (non-hydrogen) atoms. The molecule has 3 saturated heterocycles. The van der Waals surface area contributed by atoms with E-state index in [0.29, 0.717) is 25.7 Å². The minimum Gasteiger partial charge on any atom is -0.446 e. The summed E-state index contributed by atoms with van der Waals surface area (Å²) >= 11 is 0. The number of likely N-dealkylation sites (tertiary alicyclic amines) is 1. The van der Waals surface area contributed by atoms with E-state index in [0.717, 1.165) is 24.3 Å². The van der Waals surface area contributed by atoms with Crippen LogP contribution in [0.15, 0.2) is 0 Å². The zero-order chi connectivity index (χ0) is 22.0. The molecule has 4 aliphatic rings. The summed E-state index contributed by atoms with van der Waals surface area (Å²) in [5, 5.41) is 12.6. The Morgan fingerprint density at radius 2 is 1.87 bits per heavy atom. The molecule has 11 heteroatoms. The van der Waals surface area contributed by atoms with E-state index in [1.807, 2.05) is 11.0 Å². The van der Waals surface area contributed by atoms with E-state index in [-0.39, 0.29) is 25.5 Å². The molecule has 1 unspecified atom stereocenters. The van der Waals surface area contributed by atoms with Crippen LogP contribution in [0.25, 0.3) is 0 Å². The molecule has 168 valence electrons. The number of nitriles is 1. The molecule has 3 amide bonds. The van der Waals surface area contributed by atoms with Crippen LogP contribution in [0.5, 0.6) is 0 Å². The molecular formula is C20H27N5O6. The Morgan fingerprint density at radius 1 is 1.10 bits per heavy atom. The molecule has 0 radical (unpaired) electrons. The van der Waals surface area contributed by atoms with Crippen molar-refractivity contribution in [3.8, 4) is 6.07 Å². The first-order chi connectivity index (χ1) is 15.0. The van der Waals surface area contributed by atoms with Crippen LogP contribution in [0.1, 0.15) is 38.5 Å². The lowest BCUT2D eigenvalue weighted by Crippen LogP contribution is -2.61. The van der Waals surface area contributed by atoms with Gasteiger partial charge in [0, 0.05) is 45.2 Å². The average molecular weight is 433 g/mol. The lowest BCUT2D eigenvalue weighted by molar-refractivity contribution is -0.217. The maximum Gasteiger partial charge on any atom is 0.420 e. The summed E-state index contributed by atoms with van der Waals surface area (Å²) in [6.07, 6.45) is 4.97. The number of esters is 2. The number of hydrogen-bond donors (Lipinski definition) is 1. The second-order valence-corrected chi connectivity index (χ2v) is 8.36. The predicted molar refractivity (Wildman–Crippen MR) is 104 cm³/mol. The SMILES string of the molecule is N#C[C@]12OC(=O)C(=O)OC1CCN2C(=O)CNCCN1CCN(C2CCCCC2)C1=O. The molecule has 2 atom stereocenters. The molecule has 1 saturated carbocycles. The number of urea groups is 1. The smallest absolute Gasteiger partial charge is 0.420 e. The van der Waals surface area contributed by atoms with E-state index in [1.165, 1.54) is 19.3 Å². The number of carbonyl (C=O) groups excluding carboxylic acids is 4. The summed E-state index contributed by atoms with van der Waals surface area (Å²) in [7, 11) is 0. The van der Waals surface area contributed by atoms with Crippen molar-refractivity contribution in [3.05, 3.63) is 0 Å². The molecule has 3 heterocycles. The van der Waals surface area contributed by atoms with Gasteiger partial charge in [0.1, 0.15) is 6.07 Å². The summed E-state index contributed by atoms with van der Waals surface area (Å²) in [5.74, 6) is -2.87. The van der Waals surface area contributed by atoms with Crippen molar-refractivity contribution in [2.24, 2.45) is 0 Å². The van der Waals surface area contributed by atoms with Crippen molar-refractivity contribution in [1.29, 1.82) is 5.26 Å². The Labute approximate surface area is 180 Å². The molecule has 4 fully saturated rings. The van der Waals surface area contributed by atoms with Crippen LogP contribution in [-0.4, -0.2) is 95.7 Å². The molecule has 0 spiro atoms. The highest BCUT2D eigenvalue weighted by molar-refractivity contribution is 6.30. The van der Waals surface area contributed by atoms with Gasteiger partial charge in [-0.3, -0.25) is 9.69 Å². The number of rotatable bonds is 6. The Kier molecular flexibility index (Phi) is 6.00. The number of nitrogens with one attached hydrogen (secondary N) is 1. The molecule has 1 N–H and O–H groups in total. The Hall–Kier alpha value is -2.87. The number of hydrogen-bond acceptors (Lipinski definition) is 8. The highest BCUT2D eigenvalue weighted by atomic mass is 16.7. The lowest BCUT2D eigenvalue weighted by atomic mass is 9.94. The zero-order valence-electron chi connectivity index (χ0n) is 17.4. The van der Waals surface area contributed by atoms with Crippen LogP contribution in [-0.2, 0) is 23.9 Å². The number of ether oxygens (including phenoxy) is 2. The van der Waals surface area contributed by atoms with Crippen molar-refractivity contribution in [1.82, 2.24) is 20.0 Å².